The van der Waals surface area contributed by atoms with Gasteiger partial charge < -0.3 is 5.32 Å². The van der Waals surface area contributed by atoms with Crippen LogP contribution in [0.2, 0.25) is 0 Å². The van der Waals surface area contributed by atoms with Crippen LogP contribution >= 0.6 is 0 Å². The van der Waals surface area contributed by atoms with Crippen molar-refractivity contribution >= 4 is 10.9 Å². The van der Waals surface area contributed by atoms with Crippen molar-refractivity contribution < 1.29 is 0 Å². The zero-order chi connectivity index (χ0) is 14.7. The molecule has 0 unspecified atom stereocenters. The molecule has 0 saturated heterocycles. The molecule has 1 N–H and O–H groups in total. The number of benzene rings is 1. The van der Waals surface area contributed by atoms with Gasteiger partial charge in [0.15, 0.2) is 0 Å². The molecule has 3 heteroatoms. The standard InChI is InChI=1S/C18H25N3/c1-3-21(16-9-10-16)13-12-19-14(2)17-11-8-15-6-4-5-7-18(15)20-17/h4-8,11,14,16,19H,3,9-10,12-13H2,1-2H3/t14-/m0/s1. The molecule has 0 amide bonds. The monoisotopic (exact) mass is 283 g/mol. The predicted octanol–water partition coefficient (Wildman–Crippen LogP) is 3.37. The number of aromatic nitrogens is 1. The van der Waals surface area contributed by atoms with E-state index in [-0.39, 0.29) is 0 Å². The van der Waals surface area contributed by atoms with Gasteiger partial charge in [-0.25, -0.2) is 0 Å². The second-order valence-electron chi connectivity index (χ2n) is 5.96. The van der Waals surface area contributed by atoms with Gasteiger partial charge in [-0.1, -0.05) is 31.2 Å². The largest absolute Gasteiger partial charge is 0.308 e. The van der Waals surface area contributed by atoms with Crippen LogP contribution in [0.25, 0.3) is 10.9 Å². The van der Waals surface area contributed by atoms with Gasteiger partial charge in [-0.05, 0) is 38.4 Å². The average molecular weight is 283 g/mol. The van der Waals surface area contributed by atoms with Crippen molar-refractivity contribution in [2.75, 3.05) is 19.6 Å². The number of hydrogen-bond donors (Lipinski definition) is 1. The number of rotatable bonds is 7. The molecule has 0 bridgehead atoms. The van der Waals surface area contributed by atoms with Crippen LogP contribution in [0.4, 0.5) is 0 Å². The minimum Gasteiger partial charge on any atom is -0.308 e. The van der Waals surface area contributed by atoms with Crippen LogP contribution in [0.1, 0.15) is 38.4 Å². The Kier molecular flexibility index (Phi) is 4.51. The van der Waals surface area contributed by atoms with Gasteiger partial charge in [0.1, 0.15) is 0 Å². The number of hydrogen-bond acceptors (Lipinski definition) is 3. The Morgan fingerprint density at radius 3 is 2.81 bits per heavy atom. The number of pyridine rings is 1. The second-order valence-corrected chi connectivity index (χ2v) is 5.96. The fourth-order valence-electron chi connectivity index (χ4n) is 2.89. The summed E-state index contributed by atoms with van der Waals surface area (Å²) in [5.41, 5.74) is 2.21. The topological polar surface area (TPSA) is 28.2 Å². The fourth-order valence-corrected chi connectivity index (χ4v) is 2.89. The molecule has 1 saturated carbocycles. The first-order chi connectivity index (χ1) is 10.3. The summed E-state index contributed by atoms with van der Waals surface area (Å²) in [7, 11) is 0. The molecule has 1 aliphatic carbocycles. The molecule has 3 rings (SSSR count). The molecule has 1 atom stereocenters. The highest BCUT2D eigenvalue weighted by Crippen LogP contribution is 2.26. The van der Waals surface area contributed by atoms with Crippen molar-refractivity contribution in [2.24, 2.45) is 0 Å². The van der Waals surface area contributed by atoms with Gasteiger partial charge in [-0.2, -0.15) is 0 Å². The quantitative estimate of drug-likeness (QED) is 0.844. The summed E-state index contributed by atoms with van der Waals surface area (Å²) in [6.45, 7) is 7.78. The van der Waals surface area contributed by atoms with Crippen LogP contribution in [0, 0.1) is 0 Å². The van der Waals surface area contributed by atoms with E-state index in [4.69, 9.17) is 4.98 Å². The predicted molar refractivity (Wildman–Crippen MR) is 88.4 cm³/mol. The van der Waals surface area contributed by atoms with Crippen LogP contribution < -0.4 is 5.32 Å². The minimum atomic E-state index is 0.299. The Labute approximate surface area is 127 Å². The first-order valence-corrected chi connectivity index (χ1v) is 8.11. The highest BCUT2D eigenvalue weighted by molar-refractivity contribution is 5.78. The van der Waals surface area contributed by atoms with E-state index in [0.29, 0.717) is 6.04 Å². The molecule has 1 heterocycles. The average Bonchev–Trinajstić information content (AvgIpc) is 3.35. The zero-order valence-corrected chi connectivity index (χ0v) is 13.0. The van der Waals surface area contributed by atoms with E-state index in [0.717, 1.165) is 36.9 Å². The summed E-state index contributed by atoms with van der Waals surface area (Å²) in [6, 6.07) is 13.8. The Morgan fingerprint density at radius 1 is 1.24 bits per heavy atom. The van der Waals surface area contributed by atoms with Crippen LogP contribution in [0.5, 0.6) is 0 Å². The fraction of sp³-hybridized carbons (Fsp3) is 0.500. The van der Waals surface area contributed by atoms with Crippen molar-refractivity contribution in [3.8, 4) is 0 Å². The van der Waals surface area contributed by atoms with Gasteiger partial charge in [0.2, 0.25) is 0 Å². The number of likely N-dealkylation sites (N-methyl/N-ethyl adjacent to an activating group) is 1. The van der Waals surface area contributed by atoms with Crippen molar-refractivity contribution in [1.82, 2.24) is 15.2 Å². The summed E-state index contributed by atoms with van der Waals surface area (Å²) in [5, 5.41) is 4.81. The molecule has 0 radical (unpaired) electrons. The maximum absolute atomic E-state index is 4.76. The van der Waals surface area contributed by atoms with Crippen molar-refractivity contribution in [3.05, 3.63) is 42.1 Å². The number of nitrogens with one attached hydrogen (secondary N) is 1. The van der Waals surface area contributed by atoms with Gasteiger partial charge >= 0.3 is 0 Å². The molecule has 0 aliphatic heterocycles. The van der Waals surface area contributed by atoms with E-state index in [1.165, 1.54) is 18.2 Å². The first kappa shape index (κ1) is 14.5. The number of para-hydroxylation sites is 1. The minimum absolute atomic E-state index is 0.299. The number of nitrogens with zero attached hydrogens (tertiary/aromatic N) is 2. The van der Waals surface area contributed by atoms with Gasteiger partial charge in [-0.15, -0.1) is 0 Å². The Balaban J connectivity index is 1.57. The molecule has 1 aliphatic rings. The smallest absolute Gasteiger partial charge is 0.0706 e. The molecule has 1 fully saturated rings. The molecule has 2 aromatic rings. The van der Waals surface area contributed by atoms with Crippen LogP contribution in [0.15, 0.2) is 36.4 Å². The van der Waals surface area contributed by atoms with Crippen molar-refractivity contribution in [3.63, 3.8) is 0 Å². The molecular weight excluding hydrogens is 258 g/mol. The van der Waals surface area contributed by atoms with Crippen LogP contribution in [-0.4, -0.2) is 35.6 Å². The molecule has 112 valence electrons. The van der Waals surface area contributed by atoms with E-state index < -0.39 is 0 Å². The van der Waals surface area contributed by atoms with Crippen LogP contribution in [-0.2, 0) is 0 Å². The maximum atomic E-state index is 4.76. The Hall–Kier alpha value is -1.45. The third kappa shape index (κ3) is 3.60. The lowest BCUT2D eigenvalue weighted by Gasteiger charge is -2.21. The molecule has 1 aromatic heterocycles. The zero-order valence-electron chi connectivity index (χ0n) is 13.0. The second kappa shape index (κ2) is 6.54. The van der Waals surface area contributed by atoms with Crippen molar-refractivity contribution in [2.45, 2.75) is 38.8 Å². The van der Waals surface area contributed by atoms with Gasteiger partial charge in [0.25, 0.3) is 0 Å². The lowest BCUT2D eigenvalue weighted by molar-refractivity contribution is 0.273. The van der Waals surface area contributed by atoms with Gasteiger partial charge in [0.05, 0.1) is 11.2 Å². The highest BCUT2D eigenvalue weighted by atomic mass is 15.2. The third-order valence-corrected chi connectivity index (χ3v) is 4.38. The Morgan fingerprint density at radius 2 is 2.05 bits per heavy atom. The lowest BCUT2D eigenvalue weighted by Crippen LogP contribution is -2.34. The molecule has 0 spiro atoms. The molecule has 3 nitrogen and oxygen atoms in total. The van der Waals surface area contributed by atoms with E-state index in [1.54, 1.807) is 0 Å². The summed E-state index contributed by atoms with van der Waals surface area (Å²) < 4.78 is 0. The SMILES string of the molecule is CCN(CCN[C@@H](C)c1ccc2ccccc2n1)C1CC1. The highest BCUT2D eigenvalue weighted by Gasteiger charge is 2.27. The maximum Gasteiger partial charge on any atom is 0.0706 e. The van der Waals surface area contributed by atoms with Crippen molar-refractivity contribution in [1.29, 1.82) is 0 Å². The normalized spacial score (nSPS) is 16.5. The first-order valence-electron chi connectivity index (χ1n) is 8.11. The summed E-state index contributed by atoms with van der Waals surface area (Å²) in [5.74, 6) is 0. The van der Waals surface area contributed by atoms with E-state index in [2.05, 4.69) is 54.4 Å². The van der Waals surface area contributed by atoms with Gasteiger partial charge in [-0.3, -0.25) is 9.88 Å². The molecular formula is C18H25N3. The third-order valence-electron chi connectivity index (χ3n) is 4.38. The lowest BCUT2D eigenvalue weighted by atomic mass is 10.1. The van der Waals surface area contributed by atoms with E-state index >= 15 is 0 Å². The Bertz CT molecular complexity index is 592. The molecule has 21 heavy (non-hydrogen) atoms. The van der Waals surface area contributed by atoms with Gasteiger partial charge in [0, 0.05) is 30.6 Å². The summed E-state index contributed by atoms with van der Waals surface area (Å²) >= 11 is 0. The summed E-state index contributed by atoms with van der Waals surface area (Å²) in [4.78, 5) is 7.34. The molecule has 1 aromatic carbocycles. The number of fused-ring (bicyclic) bond motifs is 1. The summed E-state index contributed by atoms with van der Waals surface area (Å²) in [6.07, 6.45) is 2.77. The van der Waals surface area contributed by atoms with E-state index in [9.17, 15) is 0 Å². The van der Waals surface area contributed by atoms with E-state index in [1.807, 2.05) is 6.07 Å². The van der Waals surface area contributed by atoms with Crippen LogP contribution in [0.3, 0.4) is 0 Å².